The third-order valence-corrected chi connectivity index (χ3v) is 4.69. The van der Waals surface area contributed by atoms with Crippen molar-refractivity contribution in [1.29, 1.82) is 0 Å². The number of nitrogens with one attached hydrogen (secondary N) is 2. The summed E-state index contributed by atoms with van der Waals surface area (Å²) in [5, 5.41) is 55.8. The lowest BCUT2D eigenvalue weighted by atomic mass is 9.94. The highest BCUT2D eigenvalue weighted by Crippen LogP contribution is 2.15. The Morgan fingerprint density at radius 3 is 2.56 bits per heavy atom. The summed E-state index contributed by atoms with van der Waals surface area (Å²) < 4.78 is 4.85. The Kier molecular flexibility index (Phi) is 10.8. The van der Waals surface area contributed by atoms with Crippen LogP contribution in [0.5, 0.6) is 0 Å². The average molecular weight is 390 g/mol. The van der Waals surface area contributed by atoms with Crippen molar-refractivity contribution >= 4 is 6.09 Å². The van der Waals surface area contributed by atoms with E-state index < -0.39 is 48.7 Å². The van der Waals surface area contributed by atoms with Crippen molar-refractivity contribution in [2.45, 2.75) is 82.1 Å². The van der Waals surface area contributed by atoms with Crippen LogP contribution in [0, 0.1) is 0 Å². The van der Waals surface area contributed by atoms with E-state index in [-0.39, 0.29) is 19.6 Å². The number of rotatable bonds is 9. The van der Waals surface area contributed by atoms with E-state index in [2.05, 4.69) is 10.6 Å². The molecule has 9 nitrogen and oxygen atoms in total. The number of amides is 1. The smallest absolute Gasteiger partial charge is 0.407 e. The quantitative estimate of drug-likeness (QED) is 0.248. The number of hydrogen-bond donors (Lipinski definition) is 7. The summed E-state index contributed by atoms with van der Waals surface area (Å²) in [6.07, 6.45) is -1.13. The number of aliphatic hydroxyl groups excluding tert-OH is 5. The molecule has 0 aromatic carbocycles. The van der Waals surface area contributed by atoms with Crippen LogP contribution in [0.25, 0.3) is 0 Å². The Balaban J connectivity index is 2.77. The van der Waals surface area contributed by atoms with Gasteiger partial charge in [-0.05, 0) is 26.2 Å². The summed E-state index contributed by atoms with van der Waals surface area (Å²) in [7, 11) is 0. The monoisotopic (exact) mass is 390 g/mol. The number of carbonyl (C=O) groups is 1. The van der Waals surface area contributed by atoms with Crippen molar-refractivity contribution in [3.63, 3.8) is 0 Å². The maximum atomic E-state index is 11.8. The molecule has 0 aliphatic heterocycles. The fourth-order valence-electron chi connectivity index (χ4n) is 2.90. The van der Waals surface area contributed by atoms with Crippen molar-refractivity contribution < 1.29 is 35.1 Å². The molecule has 0 bridgehead atoms. The van der Waals surface area contributed by atoms with Crippen LogP contribution in [-0.2, 0) is 4.74 Å². The maximum absolute atomic E-state index is 11.8. The first-order valence-electron chi connectivity index (χ1n) is 9.53. The van der Waals surface area contributed by atoms with Crippen LogP contribution in [0.15, 0.2) is 12.2 Å². The molecule has 0 aromatic rings. The van der Waals surface area contributed by atoms with Gasteiger partial charge in [-0.25, -0.2) is 4.79 Å². The molecule has 0 spiro atoms. The van der Waals surface area contributed by atoms with Gasteiger partial charge < -0.3 is 40.9 Å². The molecule has 158 valence electrons. The zero-order chi connectivity index (χ0) is 20.4. The van der Waals surface area contributed by atoms with Crippen LogP contribution in [0.2, 0.25) is 0 Å². The van der Waals surface area contributed by atoms with Gasteiger partial charge in [-0.1, -0.05) is 19.1 Å². The number of alkyl carbamates (subject to hydrolysis) is 1. The van der Waals surface area contributed by atoms with Gasteiger partial charge in [-0.15, -0.1) is 0 Å². The Morgan fingerprint density at radius 2 is 1.93 bits per heavy atom. The van der Waals surface area contributed by atoms with Crippen LogP contribution in [0.1, 0.15) is 39.5 Å². The van der Waals surface area contributed by atoms with Crippen LogP contribution in [0.4, 0.5) is 4.79 Å². The molecule has 7 unspecified atom stereocenters. The average Bonchev–Trinajstić information content (AvgIpc) is 2.64. The second-order valence-electron chi connectivity index (χ2n) is 6.82. The minimum Gasteiger partial charge on any atom is -0.450 e. The highest BCUT2D eigenvalue weighted by Gasteiger charge is 2.32. The SMILES string of the molecule is CCOC(=O)NC(CNC1/C=C\CCC(O)C(O)C1O)C(O)CC(O)CC. The lowest BCUT2D eigenvalue weighted by molar-refractivity contribution is -0.0703. The molecule has 9 heteroatoms. The molecule has 0 heterocycles. The number of ether oxygens (including phenoxy) is 1. The summed E-state index contributed by atoms with van der Waals surface area (Å²) in [6.45, 7) is 3.68. The van der Waals surface area contributed by atoms with Crippen molar-refractivity contribution in [3.05, 3.63) is 12.2 Å². The van der Waals surface area contributed by atoms with E-state index in [9.17, 15) is 30.3 Å². The molecule has 0 aromatic heterocycles. The number of hydrogen-bond acceptors (Lipinski definition) is 8. The van der Waals surface area contributed by atoms with Gasteiger partial charge in [0.15, 0.2) is 0 Å². The minimum atomic E-state index is -1.31. The lowest BCUT2D eigenvalue weighted by Crippen LogP contribution is -2.56. The molecule has 7 N–H and O–H groups in total. The van der Waals surface area contributed by atoms with Crippen molar-refractivity contribution in [3.8, 4) is 0 Å². The maximum Gasteiger partial charge on any atom is 0.407 e. The van der Waals surface area contributed by atoms with Crippen molar-refractivity contribution in [1.82, 2.24) is 10.6 Å². The molecule has 1 aliphatic rings. The largest absolute Gasteiger partial charge is 0.450 e. The second kappa shape index (κ2) is 12.3. The van der Waals surface area contributed by atoms with Gasteiger partial charge in [0, 0.05) is 13.0 Å². The van der Waals surface area contributed by atoms with Gasteiger partial charge in [0.05, 0.1) is 37.0 Å². The zero-order valence-corrected chi connectivity index (χ0v) is 16.0. The summed E-state index contributed by atoms with van der Waals surface area (Å²) >= 11 is 0. The van der Waals surface area contributed by atoms with Crippen molar-refractivity contribution in [2.75, 3.05) is 13.2 Å². The molecule has 0 saturated carbocycles. The first kappa shape index (κ1) is 23.8. The predicted octanol–water partition coefficient (Wildman–Crippen LogP) is -0.986. The topological polar surface area (TPSA) is 152 Å². The van der Waals surface area contributed by atoms with Gasteiger partial charge >= 0.3 is 6.09 Å². The standard InChI is InChI=1S/C18H34N2O7/c1-3-11(21)9-15(23)13(20-18(26)27-4-2)10-19-12-7-5-6-8-14(22)17(25)16(12)24/h5,7,11-17,19,21-25H,3-4,6,8-10H2,1-2H3,(H,20,26)/b7-5-. The lowest BCUT2D eigenvalue weighted by Gasteiger charge is -2.32. The Morgan fingerprint density at radius 1 is 1.22 bits per heavy atom. The van der Waals surface area contributed by atoms with Gasteiger partial charge in [0.25, 0.3) is 0 Å². The molecule has 27 heavy (non-hydrogen) atoms. The van der Waals surface area contributed by atoms with E-state index >= 15 is 0 Å². The predicted molar refractivity (Wildman–Crippen MR) is 99.1 cm³/mol. The number of allylic oxidation sites excluding steroid dienone is 1. The number of carbonyl (C=O) groups excluding carboxylic acids is 1. The van der Waals surface area contributed by atoms with Crippen molar-refractivity contribution in [2.24, 2.45) is 0 Å². The van der Waals surface area contributed by atoms with Crippen LogP contribution >= 0.6 is 0 Å². The molecular formula is C18H34N2O7. The summed E-state index contributed by atoms with van der Waals surface area (Å²) in [6, 6.07) is -1.46. The van der Waals surface area contributed by atoms with Gasteiger partial charge in [-0.3, -0.25) is 0 Å². The van der Waals surface area contributed by atoms with E-state index in [1.165, 1.54) is 0 Å². The van der Waals surface area contributed by atoms with E-state index in [1.807, 2.05) is 0 Å². The molecular weight excluding hydrogens is 356 g/mol. The van der Waals surface area contributed by atoms with E-state index in [4.69, 9.17) is 4.74 Å². The fraction of sp³-hybridized carbons (Fsp3) is 0.833. The highest BCUT2D eigenvalue weighted by atomic mass is 16.5. The highest BCUT2D eigenvalue weighted by molar-refractivity contribution is 5.67. The fourth-order valence-corrected chi connectivity index (χ4v) is 2.90. The first-order chi connectivity index (χ1) is 12.8. The summed E-state index contributed by atoms with van der Waals surface area (Å²) in [5.41, 5.74) is 0. The number of aliphatic hydroxyl groups is 5. The summed E-state index contributed by atoms with van der Waals surface area (Å²) in [5.74, 6) is 0. The minimum absolute atomic E-state index is 0.0608. The molecule has 1 amide bonds. The van der Waals surface area contributed by atoms with E-state index in [0.717, 1.165) is 0 Å². The van der Waals surface area contributed by atoms with Gasteiger partial charge in [-0.2, -0.15) is 0 Å². The normalized spacial score (nSPS) is 30.5. The van der Waals surface area contributed by atoms with Gasteiger partial charge in [0.2, 0.25) is 0 Å². The third kappa shape index (κ3) is 8.12. The van der Waals surface area contributed by atoms with Gasteiger partial charge in [0.1, 0.15) is 12.2 Å². The molecule has 0 saturated heterocycles. The van der Waals surface area contributed by atoms with E-state index in [0.29, 0.717) is 19.3 Å². The van der Waals surface area contributed by atoms with Crippen LogP contribution < -0.4 is 10.6 Å². The Bertz CT molecular complexity index is 463. The molecule has 1 aliphatic carbocycles. The molecule has 0 radical (unpaired) electrons. The second-order valence-corrected chi connectivity index (χ2v) is 6.82. The third-order valence-electron chi connectivity index (χ3n) is 4.69. The van der Waals surface area contributed by atoms with E-state index in [1.54, 1.807) is 26.0 Å². The molecule has 1 rings (SSSR count). The first-order valence-corrected chi connectivity index (χ1v) is 9.53. The zero-order valence-electron chi connectivity index (χ0n) is 16.0. The van der Waals surface area contributed by atoms with Crippen LogP contribution in [-0.4, -0.2) is 87.4 Å². The molecule has 7 atom stereocenters. The Hall–Kier alpha value is -1.23. The Labute approximate surface area is 160 Å². The molecule has 0 fully saturated rings. The summed E-state index contributed by atoms with van der Waals surface area (Å²) in [4.78, 5) is 11.8. The van der Waals surface area contributed by atoms with Crippen LogP contribution in [0.3, 0.4) is 0 Å².